The van der Waals surface area contributed by atoms with Crippen molar-refractivity contribution in [2.24, 2.45) is 11.7 Å². The minimum atomic E-state index is -0.348. The molecule has 0 amide bonds. The highest BCUT2D eigenvalue weighted by molar-refractivity contribution is 5.85. The number of ether oxygens (including phenoxy) is 2. The number of Topliss-reactive ketones (excluding diaryl/α,β-unsaturated/α-hetero) is 1. The molecule has 4 unspecified atom stereocenters. The lowest BCUT2D eigenvalue weighted by Crippen LogP contribution is -2.40. The predicted octanol–water partition coefficient (Wildman–Crippen LogP) is 0.444. The number of rotatable bonds is 2. The topological polar surface area (TPSA) is 61.6 Å². The molecule has 0 aromatic carbocycles. The van der Waals surface area contributed by atoms with Crippen molar-refractivity contribution in [1.82, 2.24) is 0 Å². The SMILES string of the molecule is CC(N)C(=O)C1CCC2OCOC2C1. The summed E-state index contributed by atoms with van der Waals surface area (Å²) in [7, 11) is 0. The maximum atomic E-state index is 11.7. The first-order chi connectivity index (χ1) is 6.68. The van der Waals surface area contributed by atoms with E-state index in [1.165, 1.54) is 0 Å². The second-order valence-electron chi connectivity index (χ2n) is 4.23. The van der Waals surface area contributed by atoms with Gasteiger partial charge in [-0.2, -0.15) is 0 Å². The number of hydrogen-bond acceptors (Lipinski definition) is 4. The Kier molecular flexibility index (Phi) is 2.85. The van der Waals surface area contributed by atoms with Crippen LogP contribution >= 0.6 is 0 Å². The zero-order valence-corrected chi connectivity index (χ0v) is 8.44. The van der Waals surface area contributed by atoms with Gasteiger partial charge in [0.15, 0.2) is 5.78 Å². The van der Waals surface area contributed by atoms with Gasteiger partial charge >= 0.3 is 0 Å². The van der Waals surface area contributed by atoms with E-state index in [1.807, 2.05) is 0 Å². The van der Waals surface area contributed by atoms with Gasteiger partial charge in [0, 0.05) is 5.92 Å². The maximum absolute atomic E-state index is 11.7. The van der Waals surface area contributed by atoms with Gasteiger partial charge in [-0.05, 0) is 26.2 Å². The highest BCUT2D eigenvalue weighted by atomic mass is 16.7. The van der Waals surface area contributed by atoms with Gasteiger partial charge in [0.05, 0.1) is 18.2 Å². The fourth-order valence-corrected chi connectivity index (χ4v) is 2.31. The van der Waals surface area contributed by atoms with E-state index in [2.05, 4.69) is 0 Å². The molecule has 0 bridgehead atoms. The van der Waals surface area contributed by atoms with Gasteiger partial charge in [-0.25, -0.2) is 0 Å². The van der Waals surface area contributed by atoms with Crippen LogP contribution in [0.5, 0.6) is 0 Å². The van der Waals surface area contributed by atoms with Crippen LogP contribution in [0.1, 0.15) is 26.2 Å². The summed E-state index contributed by atoms with van der Waals surface area (Å²) >= 11 is 0. The van der Waals surface area contributed by atoms with E-state index in [1.54, 1.807) is 6.92 Å². The molecule has 0 aromatic rings. The maximum Gasteiger partial charge on any atom is 0.152 e. The fourth-order valence-electron chi connectivity index (χ4n) is 2.31. The van der Waals surface area contributed by atoms with Crippen LogP contribution in [0.3, 0.4) is 0 Å². The Morgan fingerprint density at radius 3 is 2.79 bits per heavy atom. The van der Waals surface area contributed by atoms with Crippen LogP contribution in [0.15, 0.2) is 0 Å². The van der Waals surface area contributed by atoms with Crippen molar-refractivity contribution in [2.75, 3.05) is 6.79 Å². The quantitative estimate of drug-likeness (QED) is 0.701. The Balaban J connectivity index is 1.94. The predicted molar refractivity (Wildman–Crippen MR) is 50.6 cm³/mol. The van der Waals surface area contributed by atoms with Crippen molar-refractivity contribution in [3.63, 3.8) is 0 Å². The Morgan fingerprint density at radius 1 is 1.36 bits per heavy atom. The molecule has 14 heavy (non-hydrogen) atoms. The fraction of sp³-hybridized carbons (Fsp3) is 0.900. The van der Waals surface area contributed by atoms with Crippen LogP contribution < -0.4 is 5.73 Å². The zero-order chi connectivity index (χ0) is 10.1. The number of carbonyl (C=O) groups is 1. The first kappa shape index (κ1) is 10.1. The molecule has 1 saturated heterocycles. The smallest absolute Gasteiger partial charge is 0.152 e. The van der Waals surface area contributed by atoms with Crippen molar-refractivity contribution in [3.05, 3.63) is 0 Å². The minimum Gasteiger partial charge on any atom is -0.349 e. The van der Waals surface area contributed by atoms with Crippen molar-refractivity contribution in [3.8, 4) is 0 Å². The summed E-state index contributed by atoms with van der Waals surface area (Å²) in [5, 5.41) is 0. The van der Waals surface area contributed by atoms with E-state index in [4.69, 9.17) is 15.2 Å². The summed E-state index contributed by atoms with van der Waals surface area (Å²) in [5.74, 6) is 0.247. The van der Waals surface area contributed by atoms with Crippen LogP contribution in [0.4, 0.5) is 0 Å². The highest BCUT2D eigenvalue weighted by Gasteiger charge is 2.38. The Hall–Kier alpha value is -0.450. The van der Waals surface area contributed by atoms with Crippen LogP contribution in [0, 0.1) is 5.92 Å². The summed E-state index contributed by atoms with van der Waals surface area (Å²) in [6.07, 6.45) is 2.94. The molecule has 1 aliphatic heterocycles. The van der Waals surface area contributed by atoms with Gasteiger partial charge in [0.1, 0.15) is 6.79 Å². The highest BCUT2D eigenvalue weighted by Crippen LogP contribution is 2.32. The van der Waals surface area contributed by atoms with Crippen molar-refractivity contribution < 1.29 is 14.3 Å². The molecule has 0 aromatic heterocycles. The molecule has 0 radical (unpaired) electrons. The summed E-state index contributed by atoms with van der Waals surface area (Å²) in [6, 6.07) is -0.348. The molecule has 4 heteroatoms. The molecule has 2 N–H and O–H groups in total. The number of nitrogens with two attached hydrogens (primary N) is 1. The van der Waals surface area contributed by atoms with E-state index >= 15 is 0 Å². The van der Waals surface area contributed by atoms with E-state index in [9.17, 15) is 4.79 Å². The van der Waals surface area contributed by atoms with E-state index in [0.717, 1.165) is 19.3 Å². The van der Waals surface area contributed by atoms with Gasteiger partial charge < -0.3 is 15.2 Å². The van der Waals surface area contributed by atoms with Crippen LogP contribution in [0.25, 0.3) is 0 Å². The van der Waals surface area contributed by atoms with Crippen molar-refractivity contribution in [2.45, 2.75) is 44.4 Å². The lowest BCUT2D eigenvalue weighted by Gasteiger charge is -2.29. The zero-order valence-electron chi connectivity index (χ0n) is 8.44. The number of carbonyl (C=O) groups excluding carboxylic acids is 1. The van der Waals surface area contributed by atoms with Gasteiger partial charge in [-0.15, -0.1) is 0 Å². The third-order valence-electron chi connectivity index (χ3n) is 3.15. The minimum absolute atomic E-state index is 0.0814. The van der Waals surface area contributed by atoms with Gasteiger partial charge in [-0.3, -0.25) is 4.79 Å². The van der Waals surface area contributed by atoms with Gasteiger partial charge in [0.25, 0.3) is 0 Å². The van der Waals surface area contributed by atoms with Crippen LogP contribution in [-0.4, -0.2) is 30.8 Å². The summed E-state index contributed by atoms with van der Waals surface area (Å²) in [5.41, 5.74) is 5.58. The summed E-state index contributed by atoms with van der Waals surface area (Å²) in [4.78, 5) is 11.7. The molecule has 0 spiro atoms. The average Bonchev–Trinajstić information content (AvgIpc) is 2.62. The molecule has 1 heterocycles. The monoisotopic (exact) mass is 199 g/mol. The molecular weight excluding hydrogens is 182 g/mol. The number of ketones is 1. The molecule has 2 aliphatic rings. The Morgan fingerprint density at radius 2 is 2.07 bits per heavy atom. The molecule has 1 aliphatic carbocycles. The normalized spacial score (nSPS) is 39.1. The summed E-state index contributed by atoms with van der Waals surface area (Å²) < 4.78 is 10.8. The van der Waals surface area contributed by atoms with Crippen LogP contribution in [0.2, 0.25) is 0 Å². The molecule has 80 valence electrons. The van der Waals surface area contributed by atoms with E-state index in [-0.39, 0.29) is 30.0 Å². The molecule has 4 atom stereocenters. The lowest BCUT2D eigenvalue weighted by molar-refractivity contribution is -0.126. The van der Waals surface area contributed by atoms with Crippen molar-refractivity contribution in [1.29, 1.82) is 0 Å². The lowest BCUT2D eigenvalue weighted by atomic mass is 9.81. The molecule has 4 nitrogen and oxygen atoms in total. The van der Waals surface area contributed by atoms with Gasteiger partial charge in [0.2, 0.25) is 0 Å². The molecule has 2 rings (SSSR count). The molecular formula is C10H17NO3. The summed E-state index contributed by atoms with van der Waals surface area (Å²) in [6.45, 7) is 2.13. The van der Waals surface area contributed by atoms with E-state index in [0.29, 0.717) is 6.79 Å². The molecule has 1 saturated carbocycles. The third kappa shape index (κ3) is 1.82. The Bertz CT molecular complexity index is 229. The first-order valence-corrected chi connectivity index (χ1v) is 5.21. The van der Waals surface area contributed by atoms with Crippen molar-refractivity contribution >= 4 is 5.78 Å². The Labute approximate surface area is 83.7 Å². The second-order valence-corrected chi connectivity index (χ2v) is 4.23. The molecule has 2 fully saturated rings. The number of fused-ring (bicyclic) bond motifs is 1. The van der Waals surface area contributed by atoms with E-state index < -0.39 is 0 Å². The first-order valence-electron chi connectivity index (χ1n) is 5.21. The van der Waals surface area contributed by atoms with Crippen LogP contribution in [-0.2, 0) is 14.3 Å². The standard InChI is InChI=1S/C10H17NO3/c1-6(11)10(12)7-2-3-8-9(4-7)14-5-13-8/h6-9H,2-5,11H2,1H3. The number of hydrogen-bond donors (Lipinski definition) is 1. The second kappa shape index (κ2) is 3.96. The average molecular weight is 199 g/mol. The third-order valence-corrected chi connectivity index (χ3v) is 3.15. The van der Waals surface area contributed by atoms with Gasteiger partial charge in [-0.1, -0.05) is 0 Å². The largest absolute Gasteiger partial charge is 0.349 e.